The van der Waals surface area contributed by atoms with E-state index in [-0.39, 0.29) is 18.9 Å². The molecule has 98 valence electrons. The van der Waals surface area contributed by atoms with Crippen LogP contribution in [0.4, 0.5) is 5.69 Å². The molecule has 3 heteroatoms. The SMILES string of the molecule is OCC1CN(c2ccccc2)C(c2ccccc2)O1. The molecule has 3 nitrogen and oxygen atoms in total. The van der Waals surface area contributed by atoms with E-state index >= 15 is 0 Å². The van der Waals surface area contributed by atoms with Gasteiger partial charge >= 0.3 is 0 Å². The minimum atomic E-state index is -0.134. The van der Waals surface area contributed by atoms with Gasteiger partial charge in [-0.25, -0.2) is 0 Å². The first-order valence-corrected chi connectivity index (χ1v) is 6.51. The summed E-state index contributed by atoms with van der Waals surface area (Å²) < 4.78 is 5.94. The number of hydrogen-bond acceptors (Lipinski definition) is 3. The molecule has 1 saturated heterocycles. The Labute approximate surface area is 113 Å². The highest BCUT2D eigenvalue weighted by atomic mass is 16.5. The minimum Gasteiger partial charge on any atom is -0.394 e. The molecule has 2 atom stereocenters. The van der Waals surface area contributed by atoms with Gasteiger partial charge < -0.3 is 14.7 Å². The molecule has 0 radical (unpaired) electrons. The summed E-state index contributed by atoms with van der Waals surface area (Å²) in [6.07, 6.45) is -0.258. The molecule has 0 aliphatic carbocycles. The van der Waals surface area contributed by atoms with Gasteiger partial charge in [0, 0.05) is 17.8 Å². The van der Waals surface area contributed by atoms with E-state index in [0.717, 1.165) is 11.3 Å². The Balaban J connectivity index is 1.92. The highest BCUT2D eigenvalue weighted by molar-refractivity contribution is 5.49. The second-order valence-corrected chi connectivity index (χ2v) is 4.69. The lowest BCUT2D eigenvalue weighted by Gasteiger charge is -2.25. The van der Waals surface area contributed by atoms with Gasteiger partial charge in [0.05, 0.1) is 6.61 Å². The zero-order chi connectivity index (χ0) is 13.1. The van der Waals surface area contributed by atoms with Crippen molar-refractivity contribution in [1.82, 2.24) is 0 Å². The number of nitrogens with zero attached hydrogens (tertiary/aromatic N) is 1. The average Bonchev–Trinajstić information content (AvgIpc) is 2.93. The maximum atomic E-state index is 9.34. The molecule has 19 heavy (non-hydrogen) atoms. The first-order valence-electron chi connectivity index (χ1n) is 6.51. The average molecular weight is 255 g/mol. The highest BCUT2D eigenvalue weighted by Gasteiger charge is 2.33. The summed E-state index contributed by atoms with van der Waals surface area (Å²) in [6.45, 7) is 0.757. The summed E-state index contributed by atoms with van der Waals surface area (Å²) in [5, 5.41) is 9.34. The van der Waals surface area contributed by atoms with Crippen LogP contribution < -0.4 is 4.90 Å². The molecular weight excluding hydrogens is 238 g/mol. The van der Waals surface area contributed by atoms with Gasteiger partial charge in [-0.15, -0.1) is 0 Å². The van der Waals surface area contributed by atoms with Crippen LogP contribution in [0.5, 0.6) is 0 Å². The molecule has 1 aliphatic rings. The molecular formula is C16H17NO2. The molecule has 0 bridgehead atoms. The van der Waals surface area contributed by atoms with E-state index < -0.39 is 0 Å². The van der Waals surface area contributed by atoms with E-state index in [1.807, 2.05) is 36.4 Å². The molecule has 2 aromatic rings. The van der Waals surface area contributed by atoms with Crippen molar-refractivity contribution in [3.8, 4) is 0 Å². The van der Waals surface area contributed by atoms with Gasteiger partial charge in [-0.3, -0.25) is 0 Å². The zero-order valence-electron chi connectivity index (χ0n) is 10.6. The lowest BCUT2D eigenvalue weighted by atomic mass is 10.1. The van der Waals surface area contributed by atoms with Crippen LogP contribution in [0.3, 0.4) is 0 Å². The Morgan fingerprint density at radius 1 is 1.00 bits per heavy atom. The summed E-state index contributed by atoms with van der Waals surface area (Å²) in [4.78, 5) is 2.19. The van der Waals surface area contributed by atoms with Crippen molar-refractivity contribution >= 4 is 5.69 Å². The van der Waals surface area contributed by atoms with Crippen molar-refractivity contribution < 1.29 is 9.84 Å². The number of aliphatic hydroxyl groups is 1. The molecule has 1 N–H and O–H groups in total. The van der Waals surface area contributed by atoms with Crippen LogP contribution in [-0.2, 0) is 4.74 Å². The molecule has 2 aromatic carbocycles. The molecule has 0 saturated carbocycles. The molecule has 2 unspecified atom stereocenters. The third-order valence-corrected chi connectivity index (χ3v) is 3.38. The van der Waals surface area contributed by atoms with Gasteiger partial charge in [-0.2, -0.15) is 0 Å². The van der Waals surface area contributed by atoms with Crippen LogP contribution in [-0.4, -0.2) is 24.4 Å². The van der Waals surface area contributed by atoms with Gasteiger partial charge in [0.1, 0.15) is 6.10 Å². The van der Waals surface area contributed by atoms with Gasteiger partial charge in [0.25, 0.3) is 0 Å². The molecule has 1 aliphatic heterocycles. The first kappa shape index (κ1) is 12.2. The summed E-state index contributed by atoms with van der Waals surface area (Å²) in [6, 6.07) is 20.3. The van der Waals surface area contributed by atoms with Crippen molar-refractivity contribution in [2.24, 2.45) is 0 Å². The Hall–Kier alpha value is -1.84. The quantitative estimate of drug-likeness (QED) is 0.915. The first-order chi connectivity index (χ1) is 9.38. The van der Waals surface area contributed by atoms with E-state index in [1.165, 1.54) is 0 Å². The predicted molar refractivity (Wildman–Crippen MR) is 74.9 cm³/mol. The number of hydrogen-bond donors (Lipinski definition) is 1. The Bertz CT molecular complexity index is 467. The van der Waals surface area contributed by atoms with E-state index in [2.05, 4.69) is 29.2 Å². The fraction of sp³-hybridized carbons (Fsp3) is 0.250. The summed E-state index contributed by atoms with van der Waals surface area (Å²) >= 11 is 0. The number of benzene rings is 2. The monoisotopic (exact) mass is 255 g/mol. The van der Waals surface area contributed by atoms with Crippen molar-refractivity contribution in [2.75, 3.05) is 18.1 Å². The largest absolute Gasteiger partial charge is 0.394 e. The van der Waals surface area contributed by atoms with Crippen LogP contribution in [0.1, 0.15) is 11.8 Å². The number of para-hydroxylation sites is 1. The molecule has 0 amide bonds. The predicted octanol–water partition coefficient (Wildman–Crippen LogP) is 2.58. The van der Waals surface area contributed by atoms with Gasteiger partial charge in [-0.05, 0) is 12.1 Å². The van der Waals surface area contributed by atoms with Crippen molar-refractivity contribution in [2.45, 2.75) is 12.3 Å². The zero-order valence-corrected chi connectivity index (χ0v) is 10.6. The Kier molecular flexibility index (Phi) is 3.49. The molecule has 1 heterocycles. The lowest BCUT2D eigenvalue weighted by Crippen LogP contribution is -2.25. The number of rotatable bonds is 3. The smallest absolute Gasteiger partial charge is 0.157 e. The fourth-order valence-corrected chi connectivity index (χ4v) is 2.45. The van der Waals surface area contributed by atoms with Crippen molar-refractivity contribution in [3.63, 3.8) is 0 Å². The minimum absolute atomic E-state index is 0.0483. The van der Waals surface area contributed by atoms with E-state index in [1.54, 1.807) is 0 Å². The summed E-state index contributed by atoms with van der Waals surface area (Å²) in [5.41, 5.74) is 2.23. The summed E-state index contributed by atoms with van der Waals surface area (Å²) in [5.74, 6) is 0. The molecule has 1 fully saturated rings. The van der Waals surface area contributed by atoms with E-state index in [0.29, 0.717) is 6.54 Å². The van der Waals surface area contributed by atoms with Crippen LogP contribution in [0.25, 0.3) is 0 Å². The number of aliphatic hydroxyl groups excluding tert-OH is 1. The van der Waals surface area contributed by atoms with Gasteiger partial charge in [0.15, 0.2) is 6.23 Å². The van der Waals surface area contributed by atoms with Crippen LogP contribution in [0, 0.1) is 0 Å². The Morgan fingerprint density at radius 2 is 1.63 bits per heavy atom. The second-order valence-electron chi connectivity index (χ2n) is 4.69. The third-order valence-electron chi connectivity index (χ3n) is 3.38. The second kappa shape index (κ2) is 5.43. The van der Waals surface area contributed by atoms with Crippen LogP contribution >= 0.6 is 0 Å². The van der Waals surface area contributed by atoms with Gasteiger partial charge in [-0.1, -0.05) is 48.5 Å². The normalized spacial score (nSPS) is 22.7. The van der Waals surface area contributed by atoms with Crippen LogP contribution in [0.15, 0.2) is 60.7 Å². The maximum Gasteiger partial charge on any atom is 0.157 e. The summed E-state index contributed by atoms with van der Waals surface area (Å²) in [7, 11) is 0. The number of ether oxygens (including phenoxy) is 1. The topological polar surface area (TPSA) is 32.7 Å². The lowest BCUT2D eigenvalue weighted by molar-refractivity contribution is 0.0147. The van der Waals surface area contributed by atoms with E-state index in [4.69, 9.17) is 4.74 Å². The third kappa shape index (κ3) is 2.48. The molecule has 0 aromatic heterocycles. The fourth-order valence-electron chi connectivity index (χ4n) is 2.45. The van der Waals surface area contributed by atoms with E-state index in [9.17, 15) is 5.11 Å². The standard InChI is InChI=1S/C16H17NO2/c18-12-15-11-17(14-9-5-2-6-10-14)16(19-15)13-7-3-1-4-8-13/h1-10,15-16,18H,11-12H2. The molecule has 3 rings (SSSR count). The van der Waals surface area contributed by atoms with Gasteiger partial charge in [0.2, 0.25) is 0 Å². The Morgan fingerprint density at radius 3 is 2.26 bits per heavy atom. The van der Waals surface area contributed by atoms with Crippen molar-refractivity contribution in [3.05, 3.63) is 66.2 Å². The maximum absolute atomic E-state index is 9.34. The van der Waals surface area contributed by atoms with Crippen LogP contribution in [0.2, 0.25) is 0 Å². The molecule has 0 spiro atoms. The van der Waals surface area contributed by atoms with Crippen molar-refractivity contribution in [1.29, 1.82) is 0 Å². The highest BCUT2D eigenvalue weighted by Crippen LogP contribution is 2.34. The number of anilines is 1.